The van der Waals surface area contributed by atoms with E-state index in [1.54, 1.807) is 12.1 Å². The highest BCUT2D eigenvalue weighted by Crippen LogP contribution is 2.24. The van der Waals surface area contributed by atoms with Gasteiger partial charge in [-0.15, -0.1) is 0 Å². The summed E-state index contributed by atoms with van der Waals surface area (Å²) in [5.41, 5.74) is 1.90. The number of sulfonamides is 1. The lowest BCUT2D eigenvalue weighted by atomic mass is 9.88. The first kappa shape index (κ1) is 15.5. The molecule has 1 aromatic rings. The van der Waals surface area contributed by atoms with Crippen molar-refractivity contribution in [2.75, 3.05) is 6.54 Å². The summed E-state index contributed by atoms with van der Waals surface area (Å²) in [5, 5.41) is 9.46. The summed E-state index contributed by atoms with van der Waals surface area (Å²) in [6, 6.07) is 5.35. The van der Waals surface area contributed by atoms with Crippen LogP contribution < -0.4 is 4.72 Å². The monoisotopic (exact) mass is 297 g/mol. The van der Waals surface area contributed by atoms with Gasteiger partial charge in [0.1, 0.15) is 0 Å². The van der Waals surface area contributed by atoms with Crippen LogP contribution in [-0.2, 0) is 10.0 Å². The van der Waals surface area contributed by atoms with Crippen LogP contribution in [0.4, 0.5) is 0 Å². The molecule has 20 heavy (non-hydrogen) atoms. The summed E-state index contributed by atoms with van der Waals surface area (Å²) < 4.78 is 27.3. The second-order valence-electron chi connectivity index (χ2n) is 5.85. The zero-order valence-electron chi connectivity index (χ0n) is 12.1. The van der Waals surface area contributed by atoms with Crippen LogP contribution in [-0.4, -0.2) is 26.2 Å². The molecular formula is C15H23NO3S. The Morgan fingerprint density at radius 3 is 2.20 bits per heavy atom. The summed E-state index contributed by atoms with van der Waals surface area (Å²) in [6.07, 6.45) is 3.11. The largest absolute Gasteiger partial charge is 0.393 e. The van der Waals surface area contributed by atoms with Gasteiger partial charge < -0.3 is 5.11 Å². The Morgan fingerprint density at radius 2 is 1.65 bits per heavy atom. The Morgan fingerprint density at radius 1 is 1.10 bits per heavy atom. The summed E-state index contributed by atoms with van der Waals surface area (Å²) in [4.78, 5) is 0.339. The van der Waals surface area contributed by atoms with Gasteiger partial charge in [0, 0.05) is 6.54 Å². The lowest BCUT2D eigenvalue weighted by Gasteiger charge is -2.25. The lowest BCUT2D eigenvalue weighted by Crippen LogP contribution is -2.32. The molecule has 0 saturated heterocycles. The fourth-order valence-electron chi connectivity index (χ4n) is 2.75. The van der Waals surface area contributed by atoms with Crippen molar-refractivity contribution in [2.24, 2.45) is 5.92 Å². The van der Waals surface area contributed by atoms with Gasteiger partial charge in [-0.1, -0.05) is 6.07 Å². The van der Waals surface area contributed by atoms with Crippen molar-refractivity contribution in [3.8, 4) is 0 Å². The van der Waals surface area contributed by atoms with E-state index in [0.29, 0.717) is 17.4 Å². The smallest absolute Gasteiger partial charge is 0.240 e. The van der Waals surface area contributed by atoms with Crippen LogP contribution in [0.3, 0.4) is 0 Å². The van der Waals surface area contributed by atoms with Crippen molar-refractivity contribution in [3.05, 3.63) is 29.3 Å². The lowest BCUT2D eigenvalue weighted by molar-refractivity contribution is 0.109. The number of rotatable bonds is 4. The normalized spacial score (nSPS) is 23.8. The van der Waals surface area contributed by atoms with Crippen molar-refractivity contribution >= 4 is 10.0 Å². The third kappa shape index (κ3) is 4.04. The number of hydrogen-bond donors (Lipinski definition) is 2. The molecule has 2 rings (SSSR count). The molecule has 1 saturated carbocycles. The molecule has 4 nitrogen and oxygen atoms in total. The van der Waals surface area contributed by atoms with E-state index in [9.17, 15) is 13.5 Å². The number of nitrogens with one attached hydrogen (secondary N) is 1. The number of aliphatic hydroxyl groups is 1. The van der Waals surface area contributed by atoms with Gasteiger partial charge in [-0.25, -0.2) is 13.1 Å². The first-order valence-electron chi connectivity index (χ1n) is 7.13. The summed E-state index contributed by atoms with van der Waals surface area (Å²) in [7, 11) is -3.43. The van der Waals surface area contributed by atoms with Crippen LogP contribution in [0.5, 0.6) is 0 Å². The van der Waals surface area contributed by atoms with Crippen molar-refractivity contribution in [1.82, 2.24) is 4.72 Å². The van der Waals surface area contributed by atoms with Crippen molar-refractivity contribution < 1.29 is 13.5 Å². The van der Waals surface area contributed by atoms with Gasteiger partial charge in [-0.05, 0) is 68.7 Å². The first-order chi connectivity index (χ1) is 9.37. The molecule has 0 unspecified atom stereocenters. The highest BCUT2D eigenvalue weighted by Gasteiger charge is 2.22. The van der Waals surface area contributed by atoms with Crippen LogP contribution in [0, 0.1) is 19.8 Å². The second-order valence-corrected chi connectivity index (χ2v) is 7.62. The van der Waals surface area contributed by atoms with E-state index in [1.165, 1.54) is 0 Å². The van der Waals surface area contributed by atoms with Gasteiger partial charge in [0.25, 0.3) is 0 Å². The Bertz CT molecular complexity index is 540. The second kappa shape index (κ2) is 6.24. The topological polar surface area (TPSA) is 66.4 Å². The molecule has 1 fully saturated rings. The molecule has 0 atom stereocenters. The molecule has 0 bridgehead atoms. The van der Waals surface area contributed by atoms with E-state index < -0.39 is 10.0 Å². The van der Waals surface area contributed by atoms with E-state index in [1.807, 2.05) is 19.9 Å². The Kier molecular flexibility index (Phi) is 4.83. The Balaban J connectivity index is 2.00. The quantitative estimate of drug-likeness (QED) is 0.894. The van der Waals surface area contributed by atoms with Crippen LogP contribution in [0.25, 0.3) is 0 Å². The van der Waals surface area contributed by atoms with E-state index in [0.717, 1.165) is 36.8 Å². The maximum atomic E-state index is 12.3. The van der Waals surface area contributed by atoms with Crippen LogP contribution in [0.1, 0.15) is 36.8 Å². The van der Waals surface area contributed by atoms with Gasteiger partial charge in [0.15, 0.2) is 0 Å². The van der Waals surface area contributed by atoms with E-state index >= 15 is 0 Å². The number of hydrogen-bond acceptors (Lipinski definition) is 3. The minimum absolute atomic E-state index is 0.206. The summed E-state index contributed by atoms with van der Waals surface area (Å²) in [5.74, 6) is 0.332. The minimum Gasteiger partial charge on any atom is -0.393 e. The number of benzene rings is 1. The molecule has 5 heteroatoms. The molecule has 1 aliphatic rings. The molecule has 0 aliphatic heterocycles. The average molecular weight is 297 g/mol. The molecule has 0 radical (unpaired) electrons. The van der Waals surface area contributed by atoms with Gasteiger partial charge in [-0.2, -0.15) is 0 Å². The van der Waals surface area contributed by atoms with E-state index in [-0.39, 0.29) is 6.10 Å². The van der Waals surface area contributed by atoms with E-state index in [2.05, 4.69) is 4.72 Å². The standard InChI is InChI=1S/C15H23NO3S/c1-11-7-12(2)9-15(8-11)20(18,19)16-10-13-3-5-14(17)6-4-13/h7-9,13-14,16-17H,3-6,10H2,1-2H3. The zero-order chi connectivity index (χ0) is 14.8. The third-order valence-electron chi connectivity index (χ3n) is 3.88. The SMILES string of the molecule is Cc1cc(C)cc(S(=O)(=O)NCC2CCC(O)CC2)c1. The van der Waals surface area contributed by atoms with Crippen LogP contribution in [0.2, 0.25) is 0 Å². The molecule has 0 spiro atoms. The molecule has 2 N–H and O–H groups in total. The third-order valence-corrected chi connectivity index (χ3v) is 5.29. The molecule has 0 amide bonds. The van der Waals surface area contributed by atoms with Crippen molar-refractivity contribution in [1.29, 1.82) is 0 Å². The fourth-order valence-corrected chi connectivity index (χ4v) is 4.05. The molecule has 1 aliphatic carbocycles. The van der Waals surface area contributed by atoms with E-state index in [4.69, 9.17) is 0 Å². The highest BCUT2D eigenvalue weighted by molar-refractivity contribution is 7.89. The zero-order valence-corrected chi connectivity index (χ0v) is 12.9. The van der Waals surface area contributed by atoms with Gasteiger partial charge in [0.2, 0.25) is 10.0 Å². The summed E-state index contributed by atoms with van der Waals surface area (Å²) >= 11 is 0. The molecule has 0 aromatic heterocycles. The molecular weight excluding hydrogens is 274 g/mol. The highest BCUT2D eigenvalue weighted by atomic mass is 32.2. The predicted molar refractivity (Wildman–Crippen MR) is 79.1 cm³/mol. The first-order valence-corrected chi connectivity index (χ1v) is 8.61. The van der Waals surface area contributed by atoms with Crippen molar-refractivity contribution in [3.63, 3.8) is 0 Å². The Hall–Kier alpha value is -0.910. The molecule has 112 valence electrons. The number of aliphatic hydroxyl groups excluding tert-OH is 1. The average Bonchev–Trinajstić information content (AvgIpc) is 2.37. The van der Waals surface area contributed by atoms with Crippen LogP contribution in [0.15, 0.2) is 23.1 Å². The maximum Gasteiger partial charge on any atom is 0.240 e. The Labute approximate surface area is 121 Å². The van der Waals surface area contributed by atoms with Gasteiger partial charge in [0.05, 0.1) is 11.0 Å². The molecule has 0 heterocycles. The maximum absolute atomic E-state index is 12.3. The minimum atomic E-state index is -3.43. The number of aryl methyl sites for hydroxylation is 2. The summed E-state index contributed by atoms with van der Waals surface area (Å²) in [6.45, 7) is 4.26. The van der Waals surface area contributed by atoms with Gasteiger partial charge >= 0.3 is 0 Å². The van der Waals surface area contributed by atoms with Crippen LogP contribution >= 0.6 is 0 Å². The van der Waals surface area contributed by atoms with Gasteiger partial charge in [-0.3, -0.25) is 0 Å². The molecule has 1 aromatic carbocycles. The van der Waals surface area contributed by atoms with Crippen molar-refractivity contribution in [2.45, 2.75) is 50.5 Å². The fraction of sp³-hybridized carbons (Fsp3) is 0.600. The predicted octanol–water partition coefficient (Wildman–Crippen LogP) is 2.13.